The van der Waals surface area contributed by atoms with Crippen LogP contribution in [0.2, 0.25) is 0 Å². The number of carbonyl (C=O) groups is 2. The summed E-state index contributed by atoms with van der Waals surface area (Å²) in [5, 5.41) is 9.48. The Kier molecular flexibility index (Phi) is 4.93. The Labute approximate surface area is 150 Å². The van der Waals surface area contributed by atoms with E-state index in [4.69, 9.17) is 9.47 Å². The Balaban J connectivity index is 1.98. The maximum atomic E-state index is 12.4. The smallest absolute Gasteiger partial charge is 0.330 e. The van der Waals surface area contributed by atoms with Gasteiger partial charge in [0.05, 0.1) is 14.2 Å². The number of rotatable bonds is 4. The molecule has 2 aromatic carbocycles. The number of methoxy groups -OCH3 is 2. The lowest BCUT2D eigenvalue weighted by Crippen LogP contribution is -2.20. The van der Waals surface area contributed by atoms with E-state index in [1.54, 1.807) is 48.5 Å². The van der Waals surface area contributed by atoms with Gasteiger partial charge in [0.25, 0.3) is 0 Å². The zero-order valence-corrected chi connectivity index (χ0v) is 14.3. The standard InChI is InChI=1S/C20H18O6/c1-24-17(22)10-4-12-3-9-16-15(11-12)18(20(23)25-2)19(26-16)13-5-7-14(21)8-6-13/h3-11,18-19,21H,1-2H3/b10-4+/t18-,19+/m0/s1. The second-order valence-electron chi connectivity index (χ2n) is 5.78. The largest absolute Gasteiger partial charge is 0.508 e. The van der Waals surface area contributed by atoms with Crippen molar-refractivity contribution in [1.29, 1.82) is 0 Å². The third-order valence-electron chi connectivity index (χ3n) is 4.22. The first kappa shape index (κ1) is 17.5. The first-order valence-corrected chi connectivity index (χ1v) is 7.97. The Morgan fingerprint density at radius 1 is 1.08 bits per heavy atom. The van der Waals surface area contributed by atoms with Gasteiger partial charge in [0.15, 0.2) is 0 Å². The molecule has 0 bridgehead atoms. The van der Waals surface area contributed by atoms with Crippen LogP contribution in [0.15, 0.2) is 48.5 Å². The lowest BCUT2D eigenvalue weighted by molar-refractivity contribution is -0.144. The molecule has 2 aromatic rings. The lowest BCUT2D eigenvalue weighted by Gasteiger charge is -2.17. The summed E-state index contributed by atoms with van der Waals surface area (Å²) in [6, 6.07) is 11.8. The fourth-order valence-corrected chi connectivity index (χ4v) is 2.92. The molecule has 1 heterocycles. The molecule has 0 unspecified atom stereocenters. The van der Waals surface area contributed by atoms with Crippen molar-refractivity contribution in [2.75, 3.05) is 14.2 Å². The highest BCUT2D eigenvalue weighted by Crippen LogP contribution is 2.47. The minimum absolute atomic E-state index is 0.133. The minimum atomic E-state index is -0.647. The number of ether oxygens (including phenoxy) is 3. The second-order valence-corrected chi connectivity index (χ2v) is 5.78. The van der Waals surface area contributed by atoms with Crippen LogP contribution >= 0.6 is 0 Å². The Morgan fingerprint density at radius 3 is 2.46 bits per heavy atom. The molecule has 1 N–H and O–H groups in total. The van der Waals surface area contributed by atoms with Gasteiger partial charge in [-0.3, -0.25) is 4.79 Å². The van der Waals surface area contributed by atoms with E-state index in [0.717, 1.165) is 11.1 Å². The van der Waals surface area contributed by atoms with E-state index in [-0.39, 0.29) is 5.75 Å². The van der Waals surface area contributed by atoms with E-state index < -0.39 is 24.0 Å². The molecule has 1 aliphatic rings. The predicted octanol–water partition coefficient (Wildman–Crippen LogP) is 2.97. The number of hydrogen-bond donors (Lipinski definition) is 1. The zero-order valence-electron chi connectivity index (χ0n) is 14.3. The van der Waals surface area contributed by atoms with Crippen molar-refractivity contribution in [3.8, 4) is 11.5 Å². The molecule has 3 rings (SSSR count). The van der Waals surface area contributed by atoms with Crippen LogP contribution in [0.25, 0.3) is 6.08 Å². The molecule has 134 valence electrons. The molecule has 6 heteroatoms. The van der Waals surface area contributed by atoms with Gasteiger partial charge in [-0.05, 0) is 41.5 Å². The van der Waals surface area contributed by atoms with Crippen molar-refractivity contribution in [3.63, 3.8) is 0 Å². The number of benzene rings is 2. The number of phenolic OH excluding ortho intramolecular Hbond substituents is 1. The van der Waals surface area contributed by atoms with Gasteiger partial charge >= 0.3 is 11.9 Å². The van der Waals surface area contributed by atoms with Gasteiger partial charge in [-0.2, -0.15) is 0 Å². The number of hydrogen-bond acceptors (Lipinski definition) is 6. The summed E-state index contributed by atoms with van der Waals surface area (Å²) in [5.41, 5.74) is 2.17. The van der Waals surface area contributed by atoms with Gasteiger partial charge in [0, 0.05) is 11.6 Å². The fourth-order valence-electron chi connectivity index (χ4n) is 2.92. The Hall–Kier alpha value is -3.28. The third-order valence-corrected chi connectivity index (χ3v) is 4.22. The molecule has 26 heavy (non-hydrogen) atoms. The van der Waals surface area contributed by atoms with Crippen LogP contribution in [0, 0.1) is 0 Å². The molecule has 2 atom stereocenters. The SMILES string of the molecule is COC(=O)/C=C/c1ccc2c(c1)[C@H](C(=O)OC)[C@@H](c1ccc(O)cc1)O2. The molecule has 0 saturated heterocycles. The van der Waals surface area contributed by atoms with Crippen LogP contribution in [-0.2, 0) is 19.1 Å². The zero-order chi connectivity index (χ0) is 18.7. The van der Waals surface area contributed by atoms with Crippen LogP contribution in [0.3, 0.4) is 0 Å². The van der Waals surface area contributed by atoms with Crippen molar-refractivity contribution in [3.05, 3.63) is 65.2 Å². The minimum Gasteiger partial charge on any atom is -0.508 e. The highest BCUT2D eigenvalue weighted by molar-refractivity contribution is 5.87. The van der Waals surface area contributed by atoms with Crippen LogP contribution < -0.4 is 4.74 Å². The monoisotopic (exact) mass is 354 g/mol. The molecule has 0 amide bonds. The van der Waals surface area contributed by atoms with Crippen molar-refractivity contribution < 1.29 is 28.9 Å². The van der Waals surface area contributed by atoms with Crippen LogP contribution in [0.1, 0.15) is 28.7 Å². The van der Waals surface area contributed by atoms with Gasteiger partial charge in [0.1, 0.15) is 23.5 Å². The van der Waals surface area contributed by atoms with Crippen molar-refractivity contribution in [2.24, 2.45) is 0 Å². The fraction of sp³-hybridized carbons (Fsp3) is 0.200. The molecule has 0 aliphatic carbocycles. The van der Waals surface area contributed by atoms with E-state index in [1.807, 2.05) is 0 Å². The van der Waals surface area contributed by atoms with Crippen LogP contribution in [0.5, 0.6) is 11.5 Å². The van der Waals surface area contributed by atoms with Crippen molar-refractivity contribution in [1.82, 2.24) is 0 Å². The van der Waals surface area contributed by atoms with Crippen LogP contribution in [0.4, 0.5) is 0 Å². The summed E-state index contributed by atoms with van der Waals surface area (Å²) in [6.45, 7) is 0. The maximum absolute atomic E-state index is 12.4. The van der Waals surface area contributed by atoms with Gasteiger partial charge in [-0.1, -0.05) is 18.2 Å². The number of fused-ring (bicyclic) bond motifs is 1. The van der Waals surface area contributed by atoms with Gasteiger partial charge < -0.3 is 19.3 Å². The highest BCUT2D eigenvalue weighted by Gasteiger charge is 2.41. The summed E-state index contributed by atoms with van der Waals surface area (Å²) in [4.78, 5) is 23.7. The van der Waals surface area contributed by atoms with Crippen molar-refractivity contribution >= 4 is 18.0 Å². The summed E-state index contributed by atoms with van der Waals surface area (Å²) < 4.78 is 15.5. The van der Waals surface area contributed by atoms with E-state index in [2.05, 4.69) is 4.74 Å². The topological polar surface area (TPSA) is 82.1 Å². The number of phenols is 1. The van der Waals surface area contributed by atoms with E-state index in [1.165, 1.54) is 20.3 Å². The number of aromatic hydroxyl groups is 1. The molecular weight excluding hydrogens is 336 g/mol. The van der Waals surface area contributed by atoms with Gasteiger partial charge in [-0.25, -0.2) is 4.79 Å². The molecule has 0 spiro atoms. The van der Waals surface area contributed by atoms with Gasteiger partial charge in [-0.15, -0.1) is 0 Å². The van der Waals surface area contributed by atoms with E-state index >= 15 is 0 Å². The summed E-state index contributed by atoms with van der Waals surface area (Å²) in [5.74, 6) is -0.821. The average molecular weight is 354 g/mol. The first-order chi connectivity index (χ1) is 12.5. The average Bonchev–Trinajstić information content (AvgIpc) is 3.04. The highest BCUT2D eigenvalue weighted by atomic mass is 16.5. The molecule has 0 radical (unpaired) electrons. The normalized spacial score (nSPS) is 18.2. The van der Waals surface area contributed by atoms with E-state index in [0.29, 0.717) is 11.3 Å². The molecule has 0 aromatic heterocycles. The molecule has 6 nitrogen and oxygen atoms in total. The van der Waals surface area contributed by atoms with Crippen molar-refractivity contribution in [2.45, 2.75) is 12.0 Å². The maximum Gasteiger partial charge on any atom is 0.330 e. The van der Waals surface area contributed by atoms with Gasteiger partial charge in [0.2, 0.25) is 0 Å². The third kappa shape index (κ3) is 3.39. The Bertz CT molecular complexity index is 853. The van der Waals surface area contributed by atoms with Crippen LogP contribution in [-0.4, -0.2) is 31.3 Å². The second kappa shape index (κ2) is 7.31. The predicted molar refractivity (Wildman–Crippen MR) is 93.7 cm³/mol. The van der Waals surface area contributed by atoms with E-state index in [9.17, 15) is 14.7 Å². The lowest BCUT2D eigenvalue weighted by atomic mass is 9.90. The number of carbonyl (C=O) groups excluding carboxylic acids is 2. The summed E-state index contributed by atoms with van der Waals surface area (Å²) in [7, 11) is 2.63. The summed E-state index contributed by atoms with van der Waals surface area (Å²) in [6.07, 6.45) is 2.36. The number of esters is 2. The molecule has 0 fully saturated rings. The molecular formula is C20H18O6. The first-order valence-electron chi connectivity index (χ1n) is 7.97. The quantitative estimate of drug-likeness (QED) is 0.671. The molecule has 0 saturated carbocycles. The Morgan fingerprint density at radius 2 is 1.81 bits per heavy atom. The summed E-state index contributed by atoms with van der Waals surface area (Å²) >= 11 is 0. The molecule has 1 aliphatic heterocycles.